The van der Waals surface area contributed by atoms with Crippen molar-refractivity contribution in [3.63, 3.8) is 0 Å². The number of nitrogens with zero attached hydrogens (tertiary/aromatic N) is 2. The van der Waals surface area contributed by atoms with Crippen LogP contribution in [0.25, 0.3) is 0 Å². The zero-order valence-electron chi connectivity index (χ0n) is 34.0. The molecule has 298 valence electrons. The van der Waals surface area contributed by atoms with Crippen molar-refractivity contribution in [1.82, 2.24) is 0 Å². The predicted octanol–water partition coefficient (Wildman–Crippen LogP) is 10.7. The first-order chi connectivity index (χ1) is 26.1. The van der Waals surface area contributed by atoms with Crippen molar-refractivity contribution >= 4 is 57.8 Å². The normalized spacial score (nSPS) is 21.4. The fraction of sp³-hybridized carbons (Fsp3) is 0.644. The molecular weight excluding hydrogens is 729 g/mol. The van der Waals surface area contributed by atoms with Crippen molar-refractivity contribution in [2.45, 2.75) is 156 Å². The van der Waals surface area contributed by atoms with Gasteiger partial charge in [0, 0.05) is 35.8 Å². The molecule has 2 aliphatic heterocycles. The van der Waals surface area contributed by atoms with Crippen LogP contribution in [0.15, 0.2) is 12.1 Å². The maximum absolute atomic E-state index is 13.0. The Hall–Kier alpha value is -3.60. The Bertz CT molecular complexity index is 1830. The number of carbonyl (C=O) groups is 4. The average molecular weight is 789 g/mol. The molecular formula is C45H60N2O6S2. The number of anilines is 2. The number of ether oxygens (including phenoxy) is 1. The summed E-state index contributed by atoms with van der Waals surface area (Å²) in [6, 6.07) is 4.06. The number of carboxylic acids is 1. The third kappa shape index (κ3) is 11.3. The molecule has 2 amide bonds. The van der Waals surface area contributed by atoms with Gasteiger partial charge in [0.15, 0.2) is 0 Å². The molecule has 0 spiro atoms. The van der Waals surface area contributed by atoms with Gasteiger partial charge in [-0.05, 0) is 117 Å². The lowest BCUT2D eigenvalue weighted by Crippen LogP contribution is -2.48. The standard InChI is InChI=1S/C23H31NO3S.C22H29NO3S/c1-23(2,3)14-13-17-15-19(21(28-17)22(26)27-4)24-18(11-8-12-20(24)25)16-9-6-5-7-10-16;1-22(2,3)13-12-16-14-18(20(27-16)21(25)26)23-17(10-7-11-19(23)24)15-8-5-4-6-9-15/h15-16,18H,5-12H2,1-4H3;14-15,17H,4-11H2,1-3H3,(H,25,26)/t18-;17-/m00/s1. The van der Waals surface area contributed by atoms with E-state index in [-0.39, 0.29) is 45.6 Å². The first-order valence-corrected chi connectivity index (χ1v) is 22.0. The van der Waals surface area contributed by atoms with Gasteiger partial charge in [0.05, 0.1) is 28.2 Å². The van der Waals surface area contributed by atoms with E-state index in [9.17, 15) is 24.3 Å². The predicted molar refractivity (Wildman–Crippen MR) is 223 cm³/mol. The number of hydrogen-bond acceptors (Lipinski definition) is 7. The van der Waals surface area contributed by atoms with Crippen LogP contribution in [-0.4, -0.2) is 48.1 Å². The van der Waals surface area contributed by atoms with Gasteiger partial charge >= 0.3 is 11.9 Å². The summed E-state index contributed by atoms with van der Waals surface area (Å²) in [7, 11) is 1.39. The summed E-state index contributed by atoms with van der Waals surface area (Å²) in [5.74, 6) is 12.5. The molecule has 4 aliphatic rings. The summed E-state index contributed by atoms with van der Waals surface area (Å²) >= 11 is 2.52. The Labute approximate surface area is 336 Å². The molecule has 4 heterocycles. The van der Waals surface area contributed by atoms with Gasteiger partial charge in [-0.15, -0.1) is 22.7 Å². The largest absolute Gasteiger partial charge is 0.477 e. The second-order valence-electron chi connectivity index (χ2n) is 17.7. The summed E-state index contributed by atoms with van der Waals surface area (Å²) in [4.78, 5) is 56.2. The van der Waals surface area contributed by atoms with Crippen LogP contribution < -0.4 is 9.80 Å². The monoisotopic (exact) mass is 788 g/mol. The summed E-state index contributed by atoms with van der Waals surface area (Å²) in [5, 5.41) is 9.74. The molecule has 2 saturated carbocycles. The second kappa shape index (κ2) is 18.6. The Morgan fingerprint density at radius 3 is 1.44 bits per heavy atom. The molecule has 0 radical (unpaired) electrons. The zero-order chi connectivity index (χ0) is 39.9. The molecule has 4 fully saturated rings. The molecule has 6 rings (SSSR count). The van der Waals surface area contributed by atoms with Crippen molar-refractivity contribution in [3.05, 3.63) is 31.6 Å². The molecule has 2 aromatic heterocycles. The topological polar surface area (TPSA) is 104 Å². The maximum atomic E-state index is 13.0. The van der Waals surface area contributed by atoms with Gasteiger partial charge in [-0.25, -0.2) is 9.59 Å². The van der Waals surface area contributed by atoms with E-state index in [0.717, 1.165) is 48.3 Å². The smallest absolute Gasteiger partial charge is 0.350 e. The summed E-state index contributed by atoms with van der Waals surface area (Å²) in [6.45, 7) is 12.3. The highest BCUT2D eigenvalue weighted by molar-refractivity contribution is 7.15. The second-order valence-corrected chi connectivity index (χ2v) is 19.8. The van der Waals surface area contributed by atoms with Crippen molar-refractivity contribution in [1.29, 1.82) is 0 Å². The number of carboxylic acid groups (broad SMARTS) is 1. The van der Waals surface area contributed by atoms with Crippen LogP contribution in [0.4, 0.5) is 11.4 Å². The molecule has 2 aromatic rings. The van der Waals surface area contributed by atoms with Crippen LogP contribution in [0.5, 0.6) is 0 Å². The number of methoxy groups -OCH3 is 1. The van der Waals surface area contributed by atoms with Crippen molar-refractivity contribution in [3.8, 4) is 23.7 Å². The first-order valence-electron chi connectivity index (χ1n) is 20.4. The van der Waals surface area contributed by atoms with Crippen molar-refractivity contribution < 1.29 is 29.0 Å². The highest BCUT2D eigenvalue weighted by Crippen LogP contribution is 2.42. The van der Waals surface area contributed by atoms with E-state index in [1.165, 1.54) is 81.1 Å². The van der Waals surface area contributed by atoms with Gasteiger partial charge in [0.25, 0.3) is 0 Å². The Morgan fingerprint density at radius 1 is 0.655 bits per heavy atom. The molecule has 1 N–H and O–H groups in total. The number of esters is 1. The maximum Gasteiger partial charge on any atom is 0.350 e. The molecule has 0 bridgehead atoms. The third-order valence-corrected chi connectivity index (χ3v) is 13.0. The molecule has 8 nitrogen and oxygen atoms in total. The van der Waals surface area contributed by atoms with Gasteiger partial charge in [-0.3, -0.25) is 9.59 Å². The highest BCUT2D eigenvalue weighted by Gasteiger charge is 2.39. The van der Waals surface area contributed by atoms with Crippen LogP contribution in [0.1, 0.15) is 173 Å². The molecule has 2 aliphatic carbocycles. The van der Waals surface area contributed by atoms with Crippen molar-refractivity contribution in [2.24, 2.45) is 22.7 Å². The minimum atomic E-state index is -0.973. The van der Waals surface area contributed by atoms with Gasteiger partial charge in [-0.2, -0.15) is 0 Å². The number of hydrogen-bond donors (Lipinski definition) is 1. The van der Waals surface area contributed by atoms with Crippen LogP contribution in [0.3, 0.4) is 0 Å². The fourth-order valence-electron chi connectivity index (χ4n) is 8.49. The molecule has 55 heavy (non-hydrogen) atoms. The molecule has 2 saturated heterocycles. The SMILES string of the molecule is CC(C)(C)C#Cc1cc(N2C(=O)CCC[C@H]2C2CCCCC2)c(C(=O)O)s1.COC(=O)c1sc(C#CC(C)(C)C)cc1N1C(=O)CCC[C@H]1C1CCCCC1. The first kappa shape index (κ1) is 42.5. The van der Waals surface area contributed by atoms with E-state index in [2.05, 4.69) is 44.5 Å². The zero-order valence-corrected chi connectivity index (χ0v) is 35.6. The van der Waals surface area contributed by atoms with E-state index in [1.54, 1.807) is 0 Å². The van der Waals surface area contributed by atoms with Gasteiger partial charge in [0.2, 0.25) is 11.8 Å². The van der Waals surface area contributed by atoms with Crippen LogP contribution in [0.2, 0.25) is 0 Å². The van der Waals surface area contributed by atoms with Crippen molar-refractivity contribution in [2.75, 3.05) is 16.9 Å². The number of thiophene rings is 2. The van der Waals surface area contributed by atoms with E-state index in [4.69, 9.17) is 4.74 Å². The lowest BCUT2D eigenvalue weighted by Gasteiger charge is -2.41. The fourth-order valence-corrected chi connectivity index (χ4v) is 10.2. The Balaban J connectivity index is 0.000000211. The minimum absolute atomic E-state index is 0.0625. The van der Waals surface area contributed by atoms with E-state index in [1.807, 2.05) is 42.7 Å². The van der Waals surface area contributed by atoms with Crippen LogP contribution in [-0.2, 0) is 14.3 Å². The lowest BCUT2D eigenvalue weighted by atomic mass is 9.79. The van der Waals surface area contributed by atoms with E-state index < -0.39 is 5.97 Å². The Kier molecular flexibility index (Phi) is 14.4. The third-order valence-electron chi connectivity index (χ3n) is 11.0. The number of aromatic carboxylic acids is 1. The van der Waals surface area contributed by atoms with Crippen LogP contribution in [0, 0.1) is 46.3 Å². The number of rotatable bonds is 6. The average Bonchev–Trinajstić information content (AvgIpc) is 3.78. The van der Waals surface area contributed by atoms with E-state index >= 15 is 0 Å². The quantitative estimate of drug-likeness (QED) is 0.231. The number of carbonyl (C=O) groups excluding carboxylic acids is 3. The molecule has 0 unspecified atom stereocenters. The summed E-state index contributed by atoms with van der Waals surface area (Å²) < 4.78 is 5.03. The number of piperidine rings is 2. The van der Waals surface area contributed by atoms with Gasteiger partial charge < -0.3 is 19.6 Å². The van der Waals surface area contributed by atoms with Crippen LogP contribution >= 0.6 is 22.7 Å². The molecule has 10 heteroatoms. The summed E-state index contributed by atoms with van der Waals surface area (Å²) in [6.07, 6.45) is 16.9. The Morgan fingerprint density at radius 2 is 1.05 bits per heavy atom. The number of amides is 2. The lowest BCUT2D eigenvalue weighted by molar-refractivity contribution is -0.121. The molecule has 0 aromatic carbocycles. The van der Waals surface area contributed by atoms with Gasteiger partial charge in [0.1, 0.15) is 9.75 Å². The van der Waals surface area contributed by atoms with E-state index in [0.29, 0.717) is 40.9 Å². The van der Waals surface area contributed by atoms with Gasteiger partial charge in [-0.1, -0.05) is 62.2 Å². The minimum Gasteiger partial charge on any atom is -0.477 e. The highest BCUT2D eigenvalue weighted by atomic mass is 32.1. The summed E-state index contributed by atoms with van der Waals surface area (Å²) in [5.41, 5.74) is 0.988. The molecule has 2 atom stereocenters.